The molecule has 2 heterocycles. The Labute approximate surface area is 159 Å². The summed E-state index contributed by atoms with van der Waals surface area (Å²) >= 11 is 6.31. The Bertz CT molecular complexity index is 793. The van der Waals surface area contributed by atoms with Crippen LogP contribution in [-0.2, 0) is 21.9 Å². The van der Waals surface area contributed by atoms with Gasteiger partial charge in [0.15, 0.2) is 0 Å². The van der Waals surface area contributed by atoms with Crippen molar-refractivity contribution in [2.45, 2.75) is 32.3 Å². The van der Waals surface area contributed by atoms with E-state index in [1.807, 2.05) is 30.3 Å². The number of likely N-dealkylation sites (N-methyl/N-ethyl adjacent to an activating group) is 1. The van der Waals surface area contributed by atoms with Crippen LogP contribution in [0.1, 0.15) is 30.5 Å². The SMILES string of the molecule is CCN(CC)CC1COC2(O1)c1ccccc1COc1ccc(Cl)cc12. The first-order valence-corrected chi connectivity index (χ1v) is 9.59. The van der Waals surface area contributed by atoms with Gasteiger partial charge in [-0.25, -0.2) is 0 Å². The smallest absolute Gasteiger partial charge is 0.226 e. The molecule has 1 saturated heterocycles. The minimum Gasteiger partial charge on any atom is -0.488 e. The van der Waals surface area contributed by atoms with Crippen molar-refractivity contribution in [3.63, 3.8) is 0 Å². The molecule has 0 amide bonds. The lowest BCUT2D eigenvalue weighted by atomic mass is 9.93. The predicted octanol–water partition coefficient (Wildman–Crippen LogP) is 4.19. The second-order valence-corrected chi connectivity index (χ2v) is 7.18. The quantitative estimate of drug-likeness (QED) is 0.804. The average molecular weight is 374 g/mol. The molecule has 0 radical (unpaired) electrons. The number of rotatable bonds is 4. The minimum absolute atomic E-state index is 0.00659. The van der Waals surface area contributed by atoms with E-state index in [1.165, 1.54) is 0 Å². The summed E-state index contributed by atoms with van der Waals surface area (Å²) in [4.78, 5) is 2.35. The maximum absolute atomic E-state index is 6.61. The number of hydrogen-bond acceptors (Lipinski definition) is 4. The van der Waals surface area contributed by atoms with Crippen LogP contribution in [0.3, 0.4) is 0 Å². The maximum Gasteiger partial charge on any atom is 0.226 e. The third-order valence-corrected chi connectivity index (χ3v) is 5.45. The topological polar surface area (TPSA) is 30.9 Å². The number of nitrogens with zero attached hydrogens (tertiary/aromatic N) is 1. The zero-order chi connectivity index (χ0) is 18.1. The Morgan fingerprint density at radius 2 is 1.92 bits per heavy atom. The van der Waals surface area contributed by atoms with Gasteiger partial charge in [-0.15, -0.1) is 0 Å². The standard InChI is InChI=1S/C21H24ClNO3/c1-3-23(4-2)12-17-14-25-21(26-17)18-8-6-5-7-15(18)13-24-20-10-9-16(22)11-19(20)21/h5-11,17H,3-4,12-14H2,1-2H3. The van der Waals surface area contributed by atoms with Crippen LogP contribution in [0, 0.1) is 0 Å². The van der Waals surface area contributed by atoms with Crippen LogP contribution in [0.25, 0.3) is 0 Å². The van der Waals surface area contributed by atoms with Gasteiger partial charge in [-0.3, -0.25) is 0 Å². The summed E-state index contributed by atoms with van der Waals surface area (Å²) < 4.78 is 19.0. The van der Waals surface area contributed by atoms with Gasteiger partial charge in [-0.1, -0.05) is 49.7 Å². The summed E-state index contributed by atoms with van der Waals surface area (Å²) in [6.45, 7) is 8.18. The molecular formula is C21H24ClNO3. The van der Waals surface area contributed by atoms with Gasteiger partial charge in [0.1, 0.15) is 12.4 Å². The highest BCUT2D eigenvalue weighted by Gasteiger charge is 2.49. The van der Waals surface area contributed by atoms with E-state index >= 15 is 0 Å². The lowest BCUT2D eigenvalue weighted by molar-refractivity contribution is -0.144. The fraction of sp³-hybridized carbons (Fsp3) is 0.429. The summed E-state index contributed by atoms with van der Waals surface area (Å²) in [5.74, 6) is -0.209. The Kier molecular flexibility index (Phi) is 4.93. The van der Waals surface area contributed by atoms with Gasteiger partial charge < -0.3 is 19.1 Å². The molecule has 4 nitrogen and oxygen atoms in total. The van der Waals surface area contributed by atoms with Crippen LogP contribution in [0.15, 0.2) is 42.5 Å². The first kappa shape index (κ1) is 17.8. The van der Waals surface area contributed by atoms with E-state index in [-0.39, 0.29) is 6.10 Å². The highest BCUT2D eigenvalue weighted by Crippen LogP contribution is 2.48. The van der Waals surface area contributed by atoms with Crippen LogP contribution in [0.4, 0.5) is 0 Å². The van der Waals surface area contributed by atoms with E-state index in [1.54, 1.807) is 0 Å². The molecule has 5 heteroatoms. The Balaban J connectivity index is 1.78. The largest absolute Gasteiger partial charge is 0.488 e. The molecule has 2 unspecified atom stereocenters. The van der Waals surface area contributed by atoms with Crippen LogP contribution in [0.5, 0.6) is 5.75 Å². The molecule has 1 spiro atoms. The van der Waals surface area contributed by atoms with Gasteiger partial charge in [0.25, 0.3) is 0 Å². The Hall–Kier alpha value is -1.59. The Morgan fingerprint density at radius 3 is 2.73 bits per heavy atom. The normalized spacial score (nSPS) is 24.2. The van der Waals surface area contributed by atoms with E-state index in [9.17, 15) is 0 Å². The molecule has 0 aliphatic carbocycles. The van der Waals surface area contributed by atoms with Gasteiger partial charge in [-0.05, 0) is 36.9 Å². The monoisotopic (exact) mass is 373 g/mol. The van der Waals surface area contributed by atoms with Crippen molar-refractivity contribution in [1.82, 2.24) is 4.90 Å². The van der Waals surface area contributed by atoms with Crippen LogP contribution < -0.4 is 4.74 Å². The van der Waals surface area contributed by atoms with E-state index in [4.69, 9.17) is 25.8 Å². The summed E-state index contributed by atoms with van der Waals surface area (Å²) in [5.41, 5.74) is 2.92. The fourth-order valence-electron chi connectivity index (χ4n) is 3.81. The Morgan fingerprint density at radius 1 is 1.12 bits per heavy atom. The van der Waals surface area contributed by atoms with Crippen molar-refractivity contribution >= 4 is 11.6 Å². The lowest BCUT2D eigenvalue weighted by Crippen LogP contribution is -2.36. The van der Waals surface area contributed by atoms with Gasteiger partial charge >= 0.3 is 0 Å². The molecule has 2 atom stereocenters. The number of fused-ring (bicyclic) bond motifs is 4. The fourth-order valence-corrected chi connectivity index (χ4v) is 3.98. The van der Waals surface area contributed by atoms with Crippen molar-refractivity contribution in [2.75, 3.05) is 26.2 Å². The van der Waals surface area contributed by atoms with Crippen molar-refractivity contribution in [2.24, 2.45) is 0 Å². The van der Waals surface area contributed by atoms with Gasteiger partial charge in [0.05, 0.1) is 18.3 Å². The van der Waals surface area contributed by atoms with Crippen molar-refractivity contribution in [3.05, 3.63) is 64.2 Å². The molecule has 2 aromatic carbocycles. The molecule has 0 saturated carbocycles. The predicted molar refractivity (Wildman–Crippen MR) is 102 cm³/mol. The number of benzene rings is 2. The first-order chi connectivity index (χ1) is 12.7. The zero-order valence-corrected chi connectivity index (χ0v) is 16.0. The van der Waals surface area contributed by atoms with Gasteiger partial charge in [0.2, 0.25) is 5.79 Å². The van der Waals surface area contributed by atoms with E-state index in [2.05, 4.69) is 30.9 Å². The molecule has 26 heavy (non-hydrogen) atoms. The number of hydrogen-bond donors (Lipinski definition) is 0. The van der Waals surface area contributed by atoms with Crippen molar-refractivity contribution < 1.29 is 14.2 Å². The molecule has 0 bridgehead atoms. The minimum atomic E-state index is -0.967. The molecule has 138 valence electrons. The van der Waals surface area contributed by atoms with Crippen LogP contribution in [-0.4, -0.2) is 37.2 Å². The van der Waals surface area contributed by atoms with Crippen LogP contribution in [0.2, 0.25) is 5.02 Å². The molecule has 0 N–H and O–H groups in total. The molecule has 4 rings (SSSR count). The van der Waals surface area contributed by atoms with Gasteiger partial charge in [-0.2, -0.15) is 0 Å². The number of halogens is 1. The summed E-state index contributed by atoms with van der Waals surface area (Å²) in [6.07, 6.45) is -0.00659. The van der Waals surface area contributed by atoms with Crippen molar-refractivity contribution in [3.8, 4) is 5.75 Å². The van der Waals surface area contributed by atoms with Gasteiger partial charge in [0, 0.05) is 17.1 Å². The second kappa shape index (κ2) is 7.20. The van der Waals surface area contributed by atoms with E-state index < -0.39 is 5.79 Å². The lowest BCUT2D eigenvalue weighted by Gasteiger charge is -2.30. The third kappa shape index (κ3) is 3.01. The highest BCUT2D eigenvalue weighted by molar-refractivity contribution is 6.30. The zero-order valence-electron chi connectivity index (χ0n) is 15.2. The van der Waals surface area contributed by atoms with E-state index in [0.29, 0.717) is 18.2 Å². The average Bonchev–Trinajstić information content (AvgIpc) is 3.04. The molecule has 1 fully saturated rings. The molecule has 2 aliphatic heterocycles. The maximum atomic E-state index is 6.61. The van der Waals surface area contributed by atoms with E-state index in [0.717, 1.165) is 42.1 Å². The second-order valence-electron chi connectivity index (χ2n) is 6.74. The molecule has 0 aromatic heterocycles. The summed E-state index contributed by atoms with van der Waals surface area (Å²) in [6, 6.07) is 13.8. The number of ether oxygens (including phenoxy) is 3. The first-order valence-electron chi connectivity index (χ1n) is 9.21. The van der Waals surface area contributed by atoms with Crippen molar-refractivity contribution in [1.29, 1.82) is 0 Å². The molecule has 2 aliphatic rings. The van der Waals surface area contributed by atoms with Crippen LogP contribution >= 0.6 is 11.6 Å². The highest BCUT2D eigenvalue weighted by atomic mass is 35.5. The molecular weight excluding hydrogens is 350 g/mol. The summed E-state index contributed by atoms with van der Waals surface area (Å²) in [7, 11) is 0. The third-order valence-electron chi connectivity index (χ3n) is 5.21. The molecule has 2 aromatic rings. The summed E-state index contributed by atoms with van der Waals surface area (Å²) in [5, 5.41) is 0.644.